The number of carbonyl (C=O) groups excluding carboxylic acids is 2. The van der Waals surface area contributed by atoms with E-state index in [9.17, 15) is 14.0 Å². The monoisotopic (exact) mass is 308 g/mol. The molecule has 0 aliphatic carbocycles. The third kappa shape index (κ3) is 3.82. The van der Waals surface area contributed by atoms with Gasteiger partial charge in [-0.1, -0.05) is 12.1 Å². The molecular formula is C16H21FN2O3. The number of anilines is 1. The Morgan fingerprint density at radius 2 is 2.05 bits per heavy atom. The molecule has 2 amide bonds. The fourth-order valence-corrected chi connectivity index (χ4v) is 2.18. The van der Waals surface area contributed by atoms with Crippen molar-refractivity contribution < 1.29 is 18.7 Å². The molecule has 22 heavy (non-hydrogen) atoms. The summed E-state index contributed by atoms with van der Waals surface area (Å²) in [4.78, 5) is 24.5. The van der Waals surface area contributed by atoms with Gasteiger partial charge in [0.15, 0.2) is 0 Å². The van der Waals surface area contributed by atoms with E-state index in [0.717, 1.165) is 12.8 Å². The van der Waals surface area contributed by atoms with E-state index in [2.05, 4.69) is 10.6 Å². The molecule has 1 fully saturated rings. The minimum absolute atomic E-state index is 0.00868. The summed E-state index contributed by atoms with van der Waals surface area (Å²) < 4.78 is 19.0. The highest BCUT2D eigenvalue weighted by Crippen LogP contribution is 2.21. The lowest BCUT2D eigenvalue weighted by Crippen LogP contribution is -2.47. The molecule has 6 heteroatoms. The summed E-state index contributed by atoms with van der Waals surface area (Å²) in [7, 11) is 0. The number of para-hydroxylation sites is 1. The van der Waals surface area contributed by atoms with Crippen LogP contribution in [0.5, 0.6) is 0 Å². The predicted molar refractivity (Wildman–Crippen MR) is 80.8 cm³/mol. The topological polar surface area (TPSA) is 67.4 Å². The molecule has 1 saturated heterocycles. The molecule has 2 N–H and O–H groups in total. The smallest absolute Gasteiger partial charge is 0.239 e. The van der Waals surface area contributed by atoms with Crippen LogP contribution in [-0.2, 0) is 14.3 Å². The van der Waals surface area contributed by atoms with Gasteiger partial charge >= 0.3 is 0 Å². The zero-order valence-corrected chi connectivity index (χ0v) is 12.8. The largest absolute Gasteiger partial charge is 0.376 e. The number of nitrogens with one attached hydrogen (secondary N) is 2. The molecule has 1 unspecified atom stereocenters. The maximum Gasteiger partial charge on any atom is 0.239 e. The maximum atomic E-state index is 13.6. The average molecular weight is 308 g/mol. The van der Waals surface area contributed by atoms with Crippen LogP contribution in [0.25, 0.3) is 0 Å². The van der Waals surface area contributed by atoms with Crippen molar-refractivity contribution in [1.29, 1.82) is 0 Å². The van der Waals surface area contributed by atoms with Gasteiger partial charge in [-0.15, -0.1) is 0 Å². The first kappa shape index (κ1) is 16.4. The summed E-state index contributed by atoms with van der Waals surface area (Å²) in [6.07, 6.45) is 1.90. The van der Waals surface area contributed by atoms with E-state index in [4.69, 9.17) is 4.74 Å². The van der Waals surface area contributed by atoms with Crippen LogP contribution >= 0.6 is 0 Å². The number of hydrogen-bond donors (Lipinski definition) is 2. The molecule has 5 nitrogen and oxygen atoms in total. The summed E-state index contributed by atoms with van der Waals surface area (Å²) in [6, 6.07) is 5.85. The van der Waals surface area contributed by atoms with E-state index in [1.54, 1.807) is 6.07 Å². The lowest BCUT2D eigenvalue weighted by Gasteiger charge is -2.23. The molecule has 0 saturated carbocycles. The molecule has 1 aliphatic rings. The standard InChI is InChI=1S/C16H21FN2O3/c1-16(2,14(20)18-10-11-6-5-9-22-11)15(21)19-13-8-4-3-7-12(13)17/h3-4,7-8,11H,5-6,9-10H2,1-2H3,(H,18,20)(H,19,21). The van der Waals surface area contributed by atoms with Crippen molar-refractivity contribution in [2.75, 3.05) is 18.5 Å². The first-order valence-corrected chi connectivity index (χ1v) is 7.37. The van der Waals surface area contributed by atoms with Crippen LogP contribution in [0.2, 0.25) is 0 Å². The van der Waals surface area contributed by atoms with Gasteiger partial charge in [0, 0.05) is 13.2 Å². The van der Waals surface area contributed by atoms with Gasteiger partial charge in [-0.25, -0.2) is 4.39 Å². The van der Waals surface area contributed by atoms with Gasteiger partial charge in [0.25, 0.3) is 0 Å². The second kappa shape index (κ2) is 6.87. The Morgan fingerprint density at radius 3 is 2.68 bits per heavy atom. The number of halogens is 1. The number of amides is 2. The Hall–Kier alpha value is -1.95. The molecule has 0 spiro atoms. The van der Waals surface area contributed by atoms with Gasteiger partial charge in [0.05, 0.1) is 11.8 Å². The van der Waals surface area contributed by atoms with Gasteiger partial charge in [-0.05, 0) is 38.8 Å². The highest BCUT2D eigenvalue weighted by molar-refractivity contribution is 6.09. The molecule has 1 heterocycles. The Morgan fingerprint density at radius 1 is 1.32 bits per heavy atom. The van der Waals surface area contributed by atoms with Crippen molar-refractivity contribution in [1.82, 2.24) is 5.32 Å². The van der Waals surface area contributed by atoms with Crippen LogP contribution in [0, 0.1) is 11.2 Å². The van der Waals surface area contributed by atoms with Crippen molar-refractivity contribution in [3.05, 3.63) is 30.1 Å². The zero-order chi connectivity index (χ0) is 16.2. The number of rotatable bonds is 5. The third-order valence-electron chi connectivity index (χ3n) is 3.77. The highest BCUT2D eigenvalue weighted by Gasteiger charge is 2.36. The molecule has 1 atom stereocenters. The quantitative estimate of drug-likeness (QED) is 0.819. The minimum Gasteiger partial charge on any atom is -0.376 e. The van der Waals surface area contributed by atoms with Crippen LogP contribution < -0.4 is 10.6 Å². The SMILES string of the molecule is CC(C)(C(=O)NCC1CCCO1)C(=O)Nc1ccccc1F. The van der Waals surface area contributed by atoms with Gasteiger partial charge < -0.3 is 15.4 Å². The fourth-order valence-electron chi connectivity index (χ4n) is 2.18. The summed E-state index contributed by atoms with van der Waals surface area (Å²) in [5.41, 5.74) is -1.24. The van der Waals surface area contributed by atoms with E-state index in [1.165, 1.54) is 32.0 Å². The van der Waals surface area contributed by atoms with Crippen LogP contribution in [0.4, 0.5) is 10.1 Å². The summed E-state index contributed by atoms with van der Waals surface area (Å²) >= 11 is 0. The van der Waals surface area contributed by atoms with E-state index in [-0.39, 0.29) is 11.8 Å². The minimum atomic E-state index is -1.30. The van der Waals surface area contributed by atoms with Crippen molar-refractivity contribution >= 4 is 17.5 Å². The Labute approximate surface area is 129 Å². The Kier molecular flexibility index (Phi) is 5.13. The molecule has 1 aliphatic heterocycles. The van der Waals surface area contributed by atoms with Crippen molar-refractivity contribution in [2.45, 2.75) is 32.8 Å². The van der Waals surface area contributed by atoms with E-state index in [0.29, 0.717) is 13.2 Å². The predicted octanol–water partition coefficient (Wildman–Crippen LogP) is 2.09. The fraction of sp³-hybridized carbons (Fsp3) is 0.500. The molecule has 0 aromatic heterocycles. The first-order valence-electron chi connectivity index (χ1n) is 7.37. The molecule has 2 rings (SSSR count). The molecular weight excluding hydrogens is 287 g/mol. The number of ether oxygens (including phenoxy) is 1. The van der Waals surface area contributed by atoms with Crippen molar-refractivity contribution in [3.8, 4) is 0 Å². The second-order valence-corrected chi connectivity index (χ2v) is 5.90. The Bertz CT molecular complexity index is 554. The summed E-state index contributed by atoms with van der Waals surface area (Å²) in [5, 5.41) is 5.18. The Balaban J connectivity index is 1.94. The van der Waals surface area contributed by atoms with E-state index in [1.807, 2.05) is 0 Å². The first-order chi connectivity index (χ1) is 10.4. The molecule has 1 aromatic carbocycles. The van der Waals surface area contributed by atoms with Crippen LogP contribution in [-0.4, -0.2) is 31.1 Å². The van der Waals surface area contributed by atoms with Gasteiger partial charge in [-0.3, -0.25) is 9.59 Å². The normalized spacial score (nSPS) is 18.0. The van der Waals surface area contributed by atoms with Gasteiger partial charge in [0.1, 0.15) is 11.2 Å². The third-order valence-corrected chi connectivity index (χ3v) is 3.77. The summed E-state index contributed by atoms with van der Waals surface area (Å²) in [5.74, 6) is -1.49. The molecule has 0 radical (unpaired) electrons. The molecule has 120 valence electrons. The van der Waals surface area contributed by atoms with Crippen LogP contribution in [0.1, 0.15) is 26.7 Å². The van der Waals surface area contributed by atoms with E-state index >= 15 is 0 Å². The number of carbonyl (C=O) groups is 2. The zero-order valence-electron chi connectivity index (χ0n) is 12.8. The van der Waals surface area contributed by atoms with Crippen LogP contribution in [0.15, 0.2) is 24.3 Å². The van der Waals surface area contributed by atoms with Crippen molar-refractivity contribution in [3.63, 3.8) is 0 Å². The number of benzene rings is 1. The van der Waals surface area contributed by atoms with Crippen molar-refractivity contribution in [2.24, 2.45) is 5.41 Å². The number of hydrogen-bond acceptors (Lipinski definition) is 3. The average Bonchev–Trinajstić information content (AvgIpc) is 3.00. The second-order valence-electron chi connectivity index (χ2n) is 5.90. The highest BCUT2D eigenvalue weighted by atomic mass is 19.1. The maximum absolute atomic E-state index is 13.6. The van der Waals surface area contributed by atoms with E-state index < -0.39 is 23.0 Å². The molecule has 0 bridgehead atoms. The lowest BCUT2D eigenvalue weighted by atomic mass is 9.90. The lowest BCUT2D eigenvalue weighted by molar-refractivity contribution is -0.138. The summed E-state index contributed by atoms with van der Waals surface area (Å²) in [6.45, 7) is 4.11. The van der Waals surface area contributed by atoms with Gasteiger partial charge in [0.2, 0.25) is 11.8 Å². The molecule has 1 aromatic rings. The van der Waals surface area contributed by atoms with Gasteiger partial charge in [-0.2, -0.15) is 0 Å². The van der Waals surface area contributed by atoms with Crippen LogP contribution in [0.3, 0.4) is 0 Å².